The normalized spacial score (nSPS) is 17.5. The quantitative estimate of drug-likeness (QED) is 0.412. The first-order valence-electron chi connectivity index (χ1n) is 10.9. The van der Waals surface area contributed by atoms with Crippen LogP contribution in [0.1, 0.15) is 28.5 Å². The fourth-order valence-corrected chi connectivity index (χ4v) is 5.12. The fourth-order valence-electron chi connectivity index (χ4n) is 4.32. The van der Waals surface area contributed by atoms with Gasteiger partial charge < -0.3 is 5.32 Å². The third-order valence-electron chi connectivity index (χ3n) is 6.04. The fraction of sp³-hybridized carbons (Fsp3) is 0.192. The van der Waals surface area contributed by atoms with E-state index in [1.165, 1.54) is 0 Å². The highest BCUT2D eigenvalue weighted by molar-refractivity contribution is 7.13. The van der Waals surface area contributed by atoms with Gasteiger partial charge in [0.15, 0.2) is 0 Å². The Hall–Kier alpha value is -3.42. The van der Waals surface area contributed by atoms with Gasteiger partial charge in [-0.1, -0.05) is 47.5 Å². The number of fused-ring (bicyclic) bond motifs is 1. The number of hydrogen-bond acceptors (Lipinski definition) is 4. The summed E-state index contributed by atoms with van der Waals surface area (Å²) in [4.78, 5) is 30.0. The van der Waals surface area contributed by atoms with Crippen molar-refractivity contribution in [2.24, 2.45) is 0 Å². The number of amides is 2. The Morgan fingerprint density at radius 2 is 1.94 bits per heavy atom. The zero-order chi connectivity index (χ0) is 23.9. The van der Waals surface area contributed by atoms with Crippen LogP contribution in [0, 0.1) is 6.92 Å². The van der Waals surface area contributed by atoms with Crippen molar-refractivity contribution in [2.75, 3.05) is 4.90 Å². The van der Waals surface area contributed by atoms with Crippen LogP contribution in [0.3, 0.4) is 0 Å². The predicted molar refractivity (Wildman–Crippen MR) is 135 cm³/mol. The van der Waals surface area contributed by atoms with E-state index in [1.807, 2.05) is 48.7 Å². The highest BCUT2D eigenvalue weighted by Gasteiger charge is 2.48. The van der Waals surface area contributed by atoms with Gasteiger partial charge in [0.1, 0.15) is 16.9 Å². The minimum Gasteiger partial charge on any atom is -0.350 e. The second-order valence-corrected chi connectivity index (χ2v) is 10.00. The summed E-state index contributed by atoms with van der Waals surface area (Å²) < 4.78 is 1.65. The van der Waals surface area contributed by atoms with Crippen molar-refractivity contribution < 1.29 is 9.59 Å². The molecule has 172 valence electrons. The van der Waals surface area contributed by atoms with Crippen LogP contribution >= 0.6 is 22.9 Å². The molecule has 34 heavy (non-hydrogen) atoms. The van der Waals surface area contributed by atoms with E-state index < -0.39 is 5.54 Å². The van der Waals surface area contributed by atoms with Crippen molar-refractivity contribution in [2.45, 2.75) is 32.5 Å². The monoisotopic (exact) mass is 490 g/mol. The van der Waals surface area contributed by atoms with Crippen LogP contribution in [0.25, 0.3) is 10.6 Å². The van der Waals surface area contributed by atoms with Gasteiger partial charge in [-0.3, -0.25) is 19.2 Å². The van der Waals surface area contributed by atoms with E-state index in [-0.39, 0.29) is 18.4 Å². The topological polar surface area (TPSA) is 67.2 Å². The number of carbonyl (C=O) groups is 2. The minimum atomic E-state index is -1.19. The molecular formula is C26H23ClN4O2S. The summed E-state index contributed by atoms with van der Waals surface area (Å²) in [5.74, 6) is -0.534. The number of aromatic nitrogens is 2. The second kappa shape index (κ2) is 8.74. The summed E-state index contributed by atoms with van der Waals surface area (Å²) in [7, 11) is 0. The van der Waals surface area contributed by atoms with Gasteiger partial charge in [-0.15, -0.1) is 11.3 Å². The van der Waals surface area contributed by atoms with Crippen LogP contribution in [0.15, 0.2) is 72.1 Å². The molecule has 0 saturated heterocycles. The summed E-state index contributed by atoms with van der Waals surface area (Å²) >= 11 is 7.65. The number of carbonyl (C=O) groups excluding carboxylic acids is 2. The molecule has 5 rings (SSSR count). The Morgan fingerprint density at radius 1 is 1.15 bits per heavy atom. The molecular weight excluding hydrogens is 468 g/mol. The molecule has 2 aromatic heterocycles. The third kappa shape index (κ3) is 4.02. The van der Waals surface area contributed by atoms with Gasteiger partial charge in [-0.05, 0) is 61.2 Å². The van der Waals surface area contributed by atoms with Crippen LogP contribution < -0.4 is 10.2 Å². The standard InChI is InChI=1S/C26H23ClN4O2S/c1-17-5-3-6-18(13-17)15-28-25(33)26(2)16-30-22(14-21(29-30)23-7-4-12-34-23)24(32)31(26)20-10-8-19(27)9-11-20/h3-14H,15-16H2,1-2H3,(H,28,33)/t26-/m1/s1. The molecule has 1 atom stereocenters. The second-order valence-electron chi connectivity index (χ2n) is 8.61. The molecule has 0 spiro atoms. The molecule has 0 bridgehead atoms. The Labute approximate surface area is 206 Å². The SMILES string of the molecule is Cc1cccc(CNC(=O)[C@@]2(C)Cn3nc(-c4cccs4)cc3C(=O)N2c2ccc(Cl)cc2)c1. The Balaban J connectivity index is 1.53. The zero-order valence-electron chi connectivity index (χ0n) is 18.8. The average molecular weight is 491 g/mol. The van der Waals surface area contributed by atoms with Gasteiger partial charge in [-0.25, -0.2) is 0 Å². The number of nitrogens with zero attached hydrogens (tertiary/aromatic N) is 3. The van der Waals surface area contributed by atoms with E-state index in [4.69, 9.17) is 11.6 Å². The lowest BCUT2D eigenvalue weighted by molar-refractivity contribution is -0.126. The molecule has 3 heterocycles. The maximum Gasteiger partial charge on any atom is 0.277 e. The molecule has 8 heteroatoms. The number of rotatable bonds is 5. The summed E-state index contributed by atoms with van der Waals surface area (Å²) in [5, 5.41) is 10.2. The summed E-state index contributed by atoms with van der Waals surface area (Å²) in [6.07, 6.45) is 0. The molecule has 0 radical (unpaired) electrons. The maximum absolute atomic E-state index is 13.8. The molecule has 0 fully saturated rings. The summed E-state index contributed by atoms with van der Waals surface area (Å²) in [6, 6.07) is 20.7. The van der Waals surface area contributed by atoms with E-state index in [9.17, 15) is 9.59 Å². The van der Waals surface area contributed by atoms with E-state index in [0.717, 1.165) is 21.7 Å². The van der Waals surface area contributed by atoms with Crippen LogP contribution in [-0.2, 0) is 17.9 Å². The lowest BCUT2D eigenvalue weighted by atomic mass is 9.93. The number of thiophene rings is 1. The van der Waals surface area contributed by atoms with Crippen molar-refractivity contribution in [3.63, 3.8) is 0 Å². The molecule has 0 saturated carbocycles. The first-order valence-corrected chi connectivity index (χ1v) is 12.2. The van der Waals surface area contributed by atoms with Gasteiger partial charge in [0, 0.05) is 17.3 Å². The van der Waals surface area contributed by atoms with E-state index in [0.29, 0.717) is 22.9 Å². The Kier molecular flexibility index (Phi) is 5.75. The number of benzene rings is 2. The highest BCUT2D eigenvalue weighted by Crippen LogP contribution is 2.35. The first kappa shape index (κ1) is 22.4. The first-order chi connectivity index (χ1) is 16.3. The molecule has 1 aliphatic heterocycles. The number of halogens is 1. The van der Waals surface area contributed by atoms with Gasteiger partial charge >= 0.3 is 0 Å². The number of aryl methyl sites for hydroxylation is 1. The van der Waals surface area contributed by atoms with Gasteiger partial charge in [0.25, 0.3) is 5.91 Å². The third-order valence-corrected chi connectivity index (χ3v) is 7.18. The molecule has 1 aliphatic rings. The number of anilines is 1. The Morgan fingerprint density at radius 3 is 2.65 bits per heavy atom. The largest absolute Gasteiger partial charge is 0.350 e. The van der Waals surface area contributed by atoms with Crippen LogP contribution in [-0.4, -0.2) is 27.1 Å². The molecule has 2 aromatic carbocycles. The molecule has 6 nitrogen and oxygen atoms in total. The zero-order valence-corrected chi connectivity index (χ0v) is 20.4. The van der Waals surface area contributed by atoms with Gasteiger partial charge in [-0.2, -0.15) is 5.10 Å². The summed E-state index contributed by atoms with van der Waals surface area (Å²) in [5.41, 5.74) is 2.70. The minimum absolute atomic E-state index is 0.224. The van der Waals surface area contributed by atoms with Crippen molar-refractivity contribution >= 4 is 40.4 Å². The van der Waals surface area contributed by atoms with Crippen molar-refractivity contribution in [3.8, 4) is 10.6 Å². The van der Waals surface area contributed by atoms with Gasteiger partial charge in [0.2, 0.25) is 5.91 Å². The van der Waals surface area contributed by atoms with Crippen molar-refractivity contribution in [1.82, 2.24) is 15.1 Å². The smallest absolute Gasteiger partial charge is 0.277 e. The molecule has 0 aliphatic carbocycles. The molecule has 0 unspecified atom stereocenters. The van der Waals surface area contributed by atoms with E-state index in [2.05, 4.69) is 10.4 Å². The van der Waals surface area contributed by atoms with Crippen LogP contribution in [0.5, 0.6) is 0 Å². The molecule has 1 N–H and O–H groups in total. The van der Waals surface area contributed by atoms with Gasteiger partial charge in [0.05, 0.1) is 11.4 Å². The van der Waals surface area contributed by atoms with Crippen molar-refractivity contribution in [3.05, 3.63) is 94.0 Å². The van der Waals surface area contributed by atoms with E-state index in [1.54, 1.807) is 58.2 Å². The maximum atomic E-state index is 13.8. The molecule has 2 amide bonds. The number of hydrogen-bond donors (Lipinski definition) is 1. The highest BCUT2D eigenvalue weighted by atomic mass is 35.5. The average Bonchev–Trinajstić information content (AvgIpc) is 3.49. The number of nitrogens with one attached hydrogen (secondary N) is 1. The molecule has 4 aromatic rings. The van der Waals surface area contributed by atoms with Crippen LogP contribution in [0.4, 0.5) is 5.69 Å². The van der Waals surface area contributed by atoms with E-state index >= 15 is 0 Å². The lowest BCUT2D eigenvalue weighted by Gasteiger charge is -2.43. The lowest BCUT2D eigenvalue weighted by Crippen LogP contribution is -2.64. The van der Waals surface area contributed by atoms with Crippen molar-refractivity contribution in [1.29, 1.82) is 0 Å². The predicted octanol–water partition coefficient (Wildman–Crippen LogP) is 5.31. The summed E-state index contributed by atoms with van der Waals surface area (Å²) in [6.45, 7) is 4.38. The Bertz CT molecular complexity index is 1360. The van der Waals surface area contributed by atoms with Crippen LogP contribution in [0.2, 0.25) is 5.02 Å².